The molecule has 0 aliphatic heterocycles. The fourth-order valence-electron chi connectivity index (χ4n) is 1.29. The van der Waals surface area contributed by atoms with Crippen LogP contribution in [0.5, 0.6) is 0 Å². The molecule has 3 N–H and O–H groups in total. The number of hydrogen-bond acceptors (Lipinski definition) is 2. The standard InChI is InChI=1S/C10H11ClF3NO/c11-8-5-6(9(16)3-4-15)1-2-7(8)10(12,13)14/h1-2,5,9,16H,3-4,15H2/t9-/m1/s1. The fraction of sp³-hybridized carbons (Fsp3) is 0.400. The summed E-state index contributed by atoms with van der Waals surface area (Å²) in [6.07, 6.45) is -5.08. The van der Waals surface area contributed by atoms with Crippen molar-refractivity contribution in [1.82, 2.24) is 0 Å². The monoisotopic (exact) mass is 253 g/mol. The minimum atomic E-state index is -4.48. The van der Waals surface area contributed by atoms with Gasteiger partial charge in [0.05, 0.1) is 16.7 Å². The molecular weight excluding hydrogens is 243 g/mol. The van der Waals surface area contributed by atoms with Gasteiger partial charge in [0.1, 0.15) is 0 Å². The number of halogens is 4. The summed E-state index contributed by atoms with van der Waals surface area (Å²) in [5, 5.41) is 9.10. The van der Waals surface area contributed by atoms with Crippen molar-refractivity contribution in [2.75, 3.05) is 6.54 Å². The summed E-state index contributed by atoms with van der Waals surface area (Å²) in [4.78, 5) is 0. The Balaban J connectivity index is 3.00. The van der Waals surface area contributed by atoms with Crippen LogP contribution in [-0.4, -0.2) is 11.7 Å². The van der Waals surface area contributed by atoms with Crippen molar-refractivity contribution in [3.63, 3.8) is 0 Å². The van der Waals surface area contributed by atoms with Gasteiger partial charge in [0.25, 0.3) is 0 Å². The minimum Gasteiger partial charge on any atom is -0.388 e. The van der Waals surface area contributed by atoms with E-state index in [4.69, 9.17) is 17.3 Å². The summed E-state index contributed by atoms with van der Waals surface area (Å²) >= 11 is 5.50. The highest BCUT2D eigenvalue weighted by molar-refractivity contribution is 6.31. The van der Waals surface area contributed by atoms with E-state index in [-0.39, 0.29) is 13.0 Å². The third kappa shape index (κ3) is 3.10. The molecule has 1 aromatic rings. The molecule has 90 valence electrons. The molecule has 0 amide bonds. The van der Waals surface area contributed by atoms with Crippen molar-refractivity contribution in [1.29, 1.82) is 0 Å². The quantitative estimate of drug-likeness (QED) is 0.870. The van der Waals surface area contributed by atoms with Crippen molar-refractivity contribution in [3.8, 4) is 0 Å². The smallest absolute Gasteiger partial charge is 0.388 e. The maximum atomic E-state index is 12.4. The van der Waals surface area contributed by atoms with Crippen molar-refractivity contribution < 1.29 is 18.3 Å². The maximum Gasteiger partial charge on any atom is 0.417 e. The Morgan fingerprint density at radius 3 is 2.44 bits per heavy atom. The second-order valence-electron chi connectivity index (χ2n) is 3.33. The number of nitrogens with two attached hydrogens (primary N) is 1. The molecule has 0 aliphatic rings. The molecule has 0 spiro atoms. The van der Waals surface area contributed by atoms with E-state index in [0.29, 0.717) is 5.56 Å². The largest absolute Gasteiger partial charge is 0.417 e. The highest BCUT2D eigenvalue weighted by atomic mass is 35.5. The van der Waals surface area contributed by atoms with Crippen molar-refractivity contribution in [2.24, 2.45) is 5.73 Å². The van der Waals surface area contributed by atoms with E-state index in [0.717, 1.165) is 12.1 Å². The zero-order chi connectivity index (χ0) is 12.3. The first-order valence-electron chi connectivity index (χ1n) is 4.61. The van der Waals surface area contributed by atoms with Gasteiger partial charge in [0, 0.05) is 0 Å². The van der Waals surface area contributed by atoms with Gasteiger partial charge >= 0.3 is 6.18 Å². The highest BCUT2D eigenvalue weighted by Crippen LogP contribution is 2.35. The van der Waals surface area contributed by atoms with Gasteiger partial charge < -0.3 is 10.8 Å². The molecule has 0 aliphatic carbocycles. The van der Waals surface area contributed by atoms with Gasteiger partial charge in [-0.05, 0) is 30.7 Å². The molecule has 16 heavy (non-hydrogen) atoms. The number of aliphatic hydroxyl groups excluding tert-OH is 1. The van der Waals surface area contributed by atoms with Crippen LogP contribution in [0.3, 0.4) is 0 Å². The molecule has 1 atom stereocenters. The lowest BCUT2D eigenvalue weighted by Gasteiger charge is -2.13. The first-order valence-corrected chi connectivity index (χ1v) is 4.99. The molecule has 2 nitrogen and oxygen atoms in total. The molecule has 0 bridgehead atoms. The predicted molar refractivity (Wildman–Crippen MR) is 55.1 cm³/mol. The maximum absolute atomic E-state index is 12.4. The number of alkyl halides is 3. The number of hydrogen-bond donors (Lipinski definition) is 2. The van der Waals surface area contributed by atoms with Crippen LogP contribution in [0.4, 0.5) is 13.2 Å². The summed E-state index contributed by atoms with van der Waals surface area (Å²) in [7, 11) is 0. The Hall–Kier alpha value is -0.780. The van der Waals surface area contributed by atoms with E-state index in [9.17, 15) is 18.3 Å². The zero-order valence-electron chi connectivity index (χ0n) is 8.26. The predicted octanol–water partition coefficient (Wildman–Crippen LogP) is 2.74. The van der Waals surface area contributed by atoms with Crippen LogP contribution in [0.15, 0.2) is 18.2 Å². The van der Waals surface area contributed by atoms with Crippen LogP contribution in [0.2, 0.25) is 5.02 Å². The molecular formula is C10H11ClF3NO. The second-order valence-corrected chi connectivity index (χ2v) is 3.74. The normalized spacial score (nSPS) is 13.9. The third-order valence-corrected chi connectivity index (χ3v) is 2.44. The molecule has 0 aromatic heterocycles. The topological polar surface area (TPSA) is 46.2 Å². The summed E-state index contributed by atoms with van der Waals surface area (Å²) < 4.78 is 37.1. The molecule has 0 saturated heterocycles. The average molecular weight is 254 g/mol. The number of rotatable bonds is 3. The third-order valence-electron chi connectivity index (χ3n) is 2.12. The van der Waals surface area contributed by atoms with Crippen LogP contribution in [0.25, 0.3) is 0 Å². The van der Waals surface area contributed by atoms with Gasteiger partial charge in [0.15, 0.2) is 0 Å². The minimum absolute atomic E-state index is 0.250. The summed E-state index contributed by atoms with van der Waals surface area (Å²) in [5.41, 5.74) is 4.66. The molecule has 1 aromatic carbocycles. The van der Waals surface area contributed by atoms with Gasteiger partial charge in [-0.3, -0.25) is 0 Å². The van der Waals surface area contributed by atoms with Crippen LogP contribution in [0, 0.1) is 0 Å². The first-order chi connectivity index (χ1) is 7.36. The SMILES string of the molecule is NCC[C@@H](O)c1ccc(C(F)(F)F)c(Cl)c1. The Morgan fingerprint density at radius 1 is 1.38 bits per heavy atom. The first kappa shape index (κ1) is 13.3. The molecule has 0 heterocycles. The van der Waals surface area contributed by atoms with Gasteiger partial charge in [-0.25, -0.2) is 0 Å². The van der Waals surface area contributed by atoms with Crippen molar-refractivity contribution in [3.05, 3.63) is 34.3 Å². The molecule has 1 rings (SSSR count). The van der Waals surface area contributed by atoms with Gasteiger partial charge in [-0.15, -0.1) is 0 Å². The lowest BCUT2D eigenvalue weighted by atomic mass is 10.0. The van der Waals surface area contributed by atoms with Gasteiger partial charge in [-0.2, -0.15) is 13.2 Å². The van der Waals surface area contributed by atoms with Gasteiger partial charge in [0.2, 0.25) is 0 Å². The van der Waals surface area contributed by atoms with Crippen molar-refractivity contribution in [2.45, 2.75) is 18.7 Å². The number of aliphatic hydroxyl groups is 1. The molecule has 0 radical (unpaired) electrons. The van der Waals surface area contributed by atoms with Crippen LogP contribution in [-0.2, 0) is 6.18 Å². The van der Waals surface area contributed by atoms with Crippen LogP contribution >= 0.6 is 11.6 Å². The summed E-state index contributed by atoms with van der Waals surface area (Å²) in [6, 6.07) is 3.18. The molecule has 0 saturated carbocycles. The van der Waals surface area contributed by atoms with Crippen molar-refractivity contribution >= 4 is 11.6 Å². The Labute approximate surface area is 95.8 Å². The fourth-order valence-corrected chi connectivity index (χ4v) is 1.59. The van der Waals surface area contributed by atoms with E-state index in [1.165, 1.54) is 6.07 Å². The van der Waals surface area contributed by atoms with E-state index in [1.807, 2.05) is 0 Å². The van der Waals surface area contributed by atoms with Crippen LogP contribution < -0.4 is 5.73 Å². The lowest BCUT2D eigenvalue weighted by Crippen LogP contribution is -2.09. The zero-order valence-corrected chi connectivity index (χ0v) is 9.02. The Morgan fingerprint density at radius 2 is 2.00 bits per heavy atom. The molecule has 0 unspecified atom stereocenters. The highest BCUT2D eigenvalue weighted by Gasteiger charge is 2.33. The van der Waals surface area contributed by atoms with E-state index < -0.39 is 22.9 Å². The summed E-state index contributed by atoms with van der Waals surface area (Å²) in [5.74, 6) is 0. The Bertz CT molecular complexity index is 368. The van der Waals surface area contributed by atoms with Gasteiger partial charge in [-0.1, -0.05) is 17.7 Å². The Kier molecular flexibility index (Phi) is 4.18. The molecule has 0 fully saturated rings. The summed E-state index contributed by atoms with van der Waals surface area (Å²) in [6.45, 7) is 0.250. The average Bonchev–Trinajstić information content (AvgIpc) is 2.16. The number of benzene rings is 1. The second kappa shape index (κ2) is 5.03. The van der Waals surface area contributed by atoms with Crippen LogP contribution in [0.1, 0.15) is 23.7 Å². The van der Waals surface area contributed by atoms with E-state index >= 15 is 0 Å². The van der Waals surface area contributed by atoms with E-state index in [2.05, 4.69) is 0 Å². The van der Waals surface area contributed by atoms with E-state index in [1.54, 1.807) is 0 Å². The molecule has 6 heteroatoms. The lowest BCUT2D eigenvalue weighted by molar-refractivity contribution is -0.137.